The molecule has 0 bridgehead atoms. The molecule has 0 spiro atoms. The van der Waals surface area contributed by atoms with Crippen molar-refractivity contribution in [1.29, 1.82) is 0 Å². The summed E-state index contributed by atoms with van der Waals surface area (Å²) in [5.74, 6) is -2.73. The van der Waals surface area contributed by atoms with Gasteiger partial charge in [-0.25, -0.2) is 9.99 Å². The fourth-order valence-corrected chi connectivity index (χ4v) is 5.23. The second kappa shape index (κ2) is 8.56. The van der Waals surface area contributed by atoms with Gasteiger partial charge >= 0.3 is 0 Å². The zero-order chi connectivity index (χ0) is 23.9. The second-order valence-electron chi connectivity index (χ2n) is 8.57. The summed E-state index contributed by atoms with van der Waals surface area (Å²) in [5, 5.41) is 6.66. The molecule has 4 amide bonds. The molecule has 1 saturated heterocycles. The van der Waals surface area contributed by atoms with Gasteiger partial charge in [-0.05, 0) is 24.5 Å². The van der Waals surface area contributed by atoms with Crippen molar-refractivity contribution in [1.82, 2.24) is 20.3 Å². The molecule has 1 aromatic heterocycles. The zero-order valence-electron chi connectivity index (χ0n) is 18.5. The van der Waals surface area contributed by atoms with Crippen LogP contribution in [0, 0.1) is 5.92 Å². The third-order valence-electron chi connectivity index (χ3n) is 6.15. The van der Waals surface area contributed by atoms with Crippen LogP contribution in [0.4, 0.5) is 0 Å². The molecule has 174 valence electrons. The highest BCUT2D eigenvalue weighted by atomic mass is 32.1. The maximum Gasteiger partial charge on any atom is 0.277 e. The topological polar surface area (TPSA) is 152 Å². The van der Waals surface area contributed by atoms with Crippen LogP contribution in [0.1, 0.15) is 56.6 Å². The zero-order valence-corrected chi connectivity index (χ0v) is 19.3. The summed E-state index contributed by atoms with van der Waals surface area (Å²) in [4.78, 5) is 54.3. The molecule has 1 fully saturated rings. The van der Waals surface area contributed by atoms with E-state index in [2.05, 4.69) is 10.3 Å². The summed E-state index contributed by atoms with van der Waals surface area (Å²) in [5.41, 5.74) is 11.4. The fourth-order valence-electron chi connectivity index (χ4n) is 4.44. The molecule has 5 N–H and O–H groups in total. The number of hydrazine groups is 1. The van der Waals surface area contributed by atoms with Crippen LogP contribution in [-0.2, 0) is 28.1 Å². The number of hydrogen-bond donors (Lipinski definition) is 3. The number of carbonyl (C=O) groups is 4. The molecule has 4 rings (SSSR count). The Hall–Kier alpha value is -3.31. The number of nitrogens with two attached hydrogens (primary N) is 2. The lowest BCUT2D eigenvalue weighted by Gasteiger charge is -2.34. The number of aromatic nitrogens is 1. The minimum Gasteiger partial charge on any atom is -0.365 e. The van der Waals surface area contributed by atoms with E-state index in [4.69, 9.17) is 11.5 Å². The Bertz CT molecular complexity index is 1150. The third kappa shape index (κ3) is 4.09. The molecule has 0 unspecified atom stereocenters. The van der Waals surface area contributed by atoms with Crippen molar-refractivity contribution < 1.29 is 19.2 Å². The Morgan fingerprint density at radius 1 is 1.21 bits per heavy atom. The van der Waals surface area contributed by atoms with Crippen LogP contribution >= 0.6 is 11.3 Å². The van der Waals surface area contributed by atoms with Gasteiger partial charge in [0.1, 0.15) is 10.4 Å². The quantitative estimate of drug-likeness (QED) is 0.560. The summed E-state index contributed by atoms with van der Waals surface area (Å²) in [7, 11) is 0. The first kappa shape index (κ1) is 22.9. The van der Waals surface area contributed by atoms with Crippen molar-refractivity contribution >= 4 is 35.0 Å². The van der Waals surface area contributed by atoms with E-state index >= 15 is 0 Å². The minimum atomic E-state index is -1.26. The number of carbonyl (C=O) groups excluding carboxylic acids is 4. The van der Waals surface area contributed by atoms with E-state index in [1.807, 2.05) is 29.3 Å². The Balaban J connectivity index is 1.61. The van der Waals surface area contributed by atoms with Gasteiger partial charge < -0.3 is 16.8 Å². The average molecular weight is 471 g/mol. The SMILES string of the molecule is C[C@H](Cc1nc(C(N)=O)sc1C(N)=O)C(=O)N[C@]1(C)C(=O)N2CCCN2Cc2ccccc21. The summed E-state index contributed by atoms with van der Waals surface area (Å²) < 4.78 is 0. The standard InChI is InChI=1S/C22H26N6O4S/c1-12(10-15-16(17(23)29)33-20(25-15)18(24)30)19(31)26-22(2)14-7-4-3-6-13(14)11-27-8-5-9-28(27)21(22)32/h3-4,6-7,12H,5,8-11H2,1-2H3,(H2,23,29)(H2,24,30)(H,26,31)/t12-,22+/m1/s1. The van der Waals surface area contributed by atoms with Crippen LogP contribution in [0.15, 0.2) is 24.3 Å². The number of hydrogen-bond acceptors (Lipinski definition) is 7. The van der Waals surface area contributed by atoms with E-state index in [0.717, 1.165) is 35.4 Å². The number of rotatable bonds is 6. The van der Waals surface area contributed by atoms with E-state index < -0.39 is 23.3 Å². The molecule has 1 aromatic carbocycles. The van der Waals surface area contributed by atoms with E-state index in [1.165, 1.54) is 0 Å². The molecular weight excluding hydrogens is 444 g/mol. The molecule has 2 atom stereocenters. The summed E-state index contributed by atoms with van der Waals surface area (Å²) in [6.07, 6.45) is 0.936. The number of primary amides is 2. The number of fused-ring (bicyclic) bond motifs is 2. The van der Waals surface area contributed by atoms with Crippen LogP contribution in [0.3, 0.4) is 0 Å². The van der Waals surface area contributed by atoms with Gasteiger partial charge in [0.05, 0.1) is 5.69 Å². The smallest absolute Gasteiger partial charge is 0.277 e. The van der Waals surface area contributed by atoms with Gasteiger partial charge in [-0.2, -0.15) is 0 Å². The Morgan fingerprint density at radius 3 is 2.64 bits per heavy atom. The summed E-state index contributed by atoms with van der Waals surface area (Å²) in [6.45, 7) is 5.37. The van der Waals surface area contributed by atoms with Crippen LogP contribution in [-0.4, -0.2) is 51.7 Å². The normalized spacial score (nSPS) is 21.2. The molecule has 0 aliphatic carbocycles. The lowest BCUT2D eigenvalue weighted by atomic mass is 9.86. The van der Waals surface area contributed by atoms with E-state index in [0.29, 0.717) is 13.1 Å². The first-order valence-electron chi connectivity index (χ1n) is 10.7. The predicted octanol–water partition coefficient (Wildman–Crippen LogP) is 0.514. The minimum absolute atomic E-state index is 0.0413. The molecule has 0 saturated carbocycles. The van der Waals surface area contributed by atoms with Crippen molar-refractivity contribution in [3.8, 4) is 0 Å². The van der Waals surface area contributed by atoms with Crippen molar-refractivity contribution in [3.05, 3.63) is 51.0 Å². The number of nitrogens with one attached hydrogen (secondary N) is 1. The summed E-state index contributed by atoms with van der Waals surface area (Å²) >= 11 is 0.810. The van der Waals surface area contributed by atoms with Crippen molar-refractivity contribution in [2.24, 2.45) is 17.4 Å². The van der Waals surface area contributed by atoms with Gasteiger partial charge in [0.2, 0.25) is 5.91 Å². The monoisotopic (exact) mass is 470 g/mol. The predicted molar refractivity (Wildman–Crippen MR) is 121 cm³/mol. The van der Waals surface area contributed by atoms with Gasteiger partial charge in [0.25, 0.3) is 17.7 Å². The van der Waals surface area contributed by atoms with Gasteiger partial charge in [0, 0.05) is 32.0 Å². The van der Waals surface area contributed by atoms with Crippen LogP contribution in [0.2, 0.25) is 0 Å². The van der Waals surface area contributed by atoms with Crippen molar-refractivity contribution in [2.75, 3.05) is 13.1 Å². The molecule has 3 heterocycles. The highest BCUT2D eigenvalue weighted by Gasteiger charge is 2.47. The highest BCUT2D eigenvalue weighted by Crippen LogP contribution is 2.34. The largest absolute Gasteiger partial charge is 0.365 e. The van der Waals surface area contributed by atoms with Gasteiger partial charge in [-0.15, -0.1) is 11.3 Å². The van der Waals surface area contributed by atoms with E-state index in [1.54, 1.807) is 18.9 Å². The average Bonchev–Trinajstić information content (AvgIpc) is 3.38. The first-order valence-corrected chi connectivity index (χ1v) is 11.5. The summed E-state index contributed by atoms with van der Waals surface area (Å²) in [6, 6.07) is 7.61. The molecule has 33 heavy (non-hydrogen) atoms. The van der Waals surface area contributed by atoms with Gasteiger partial charge in [-0.3, -0.25) is 24.2 Å². The van der Waals surface area contributed by atoms with Crippen molar-refractivity contribution in [3.63, 3.8) is 0 Å². The fraction of sp³-hybridized carbons (Fsp3) is 0.409. The maximum absolute atomic E-state index is 13.6. The molecular formula is C22H26N6O4S. The Labute approximate surface area is 194 Å². The lowest BCUT2D eigenvalue weighted by Crippen LogP contribution is -2.57. The van der Waals surface area contributed by atoms with Gasteiger partial charge in [0.15, 0.2) is 5.01 Å². The lowest BCUT2D eigenvalue weighted by molar-refractivity contribution is -0.153. The maximum atomic E-state index is 13.6. The molecule has 2 aliphatic rings. The Morgan fingerprint density at radius 2 is 1.94 bits per heavy atom. The number of thiazole rings is 1. The molecule has 2 aromatic rings. The van der Waals surface area contributed by atoms with E-state index in [9.17, 15) is 19.2 Å². The Kier molecular flexibility index (Phi) is 5.93. The van der Waals surface area contributed by atoms with E-state index in [-0.39, 0.29) is 33.8 Å². The van der Waals surface area contributed by atoms with Gasteiger partial charge in [-0.1, -0.05) is 31.2 Å². The number of nitrogens with zero attached hydrogens (tertiary/aromatic N) is 3. The van der Waals surface area contributed by atoms with Crippen molar-refractivity contribution in [2.45, 2.75) is 38.8 Å². The molecule has 0 radical (unpaired) electrons. The van der Waals surface area contributed by atoms with Crippen LogP contribution in [0.25, 0.3) is 0 Å². The number of amides is 4. The first-order chi connectivity index (χ1) is 15.6. The second-order valence-corrected chi connectivity index (χ2v) is 9.57. The third-order valence-corrected chi connectivity index (χ3v) is 7.28. The molecule has 2 aliphatic heterocycles. The molecule has 10 nitrogen and oxygen atoms in total. The van der Waals surface area contributed by atoms with Crippen LogP contribution in [0.5, 0.6) is 0 Å². The highest BCUT2D eigenvalue weighted by molar-refractivity contribution is 7.15. The van der Waals surface area contributed by atoms with Crippen LogP contribution < -0.4 is 16.8 Å². The number of benzene rings is 1. The molecule has 11 heteroatoms.